The fourth-order valence-corrected chi connectivity index (χ4v) is 3.21. The highest BCUT2D eigenvalue weighted by molar-refractivity contribution is 7.89. The number of rotatable bonds is 6. The van der Waals surface area contributed by atoms with E-state index in [0.717, 1.165) is 17.7 Å². The monoisotopic (exact) mass is 304 g/mol. The van der Waals surface area contributed by atoms with Gasteiger partial charge in [-0.15, -0.1) is 0 Å². The molecular formula is C14H16N4O2S. The summed E-state index contributed by atoms with van der Waals surface area (Å²) in [6.45, 7) is 2.24. The molecule has 0 fully saturated rings. The largest absolute Gasteiger partial charge is 0.283 e. The van der Waals surface area contributed by atoms with E-state index in [-0.39, 0.29) is 10.5 Å². The molecule has 0 aliphatic carbocycles. The summed E-state index contributed by atoms with van der Waals surface area (Å²) in [5.74, 6) is 0. The first-order valence-corrected chi connectivity index (χ1v) is 8.00. The maximum Gasteiger partial charge on any atom is 0.241 e. The minimum atomic E-state index is -3.65. The van der Waals surface area contributed by atoms with Crippen LogP contribution in [0.25, 0.3) is 0 Å². The van der Waals surface area contributed by atoms with Crippen LogP contribution in [0, 0.1) is 18.3 Å². The Kier molecular flexibility index (Phi) is 4.73. The Labute approximate surface area is 123 Å². The SMILES string of the molecule is Cc1[nH]ncc1CCCNS(=O)(=O)c1ccccc1C#N. The summed E-state index contributed by atoms with van der Waals surface area (Å²) in [5.41, 5.74) is 2.22. The zero-order valence-corrected chi connectivity index (χ0v) is 12.4. The van der Waals surface area contributed by atoms with E-state index in [1.807, 2.05) is 13.0 Å². The minimum Gasteiger partial charge on any atom is -0.283 e. The third-order valence-electron chi connectivity index (χ3n) is 3.15. The summed E-state index contributed by atoms with van der Waals surface area (Å²) in [4.78, 5) is 0.0204. The van der Waals surface area contributed by atoms with Crippen LogP contribution in [0.3, 0.4) is 0 Å². The van der Waals surface area contributed by atoms with Crippen molar-refractivity contribution < 1.29 is 8.42 Å². The molecule has 0 amide bonds. The Morgan fingerprint density at radius 1 is 1.38 bits per heavy atom. The Morgan fingerprint density at radius 3 is 2.81 bits per heavy atom. The molecule has 0 unspecified atom stereocenters. The molecule has 0 aliphatic rings. The van der Waals surface area contributed by atoms with Gasteiger partial charge in [0.05, 0.1) is 16.7 Å². The molecule has 7 heteroatoms. The Balaban J connectivity index is 1.96. The molecular weight excluding hydrogens is 288 g/mol. The van der Waals surface area contributed by atoms with E-state index in [0.29, 0.717) is 13.0 Å². The summed E-state index contributed by atoms with van der Waals surface area (Å²) in [6.07, 6.45) is 3.15. The van der Waals surface area contributed by atoms with E-state index in [2.05, 4.69) is 14.9 Å². The van der Waals surface area contributed by atoms with Gasteiger partial charge in [0.25, 0.3) is 0 Å². The van der Waals surface area contributed by atoms with Gasteiger partial charge in [0.1, 0.15) is 6.07 Å². The number of hydrogen-bond acceptors (Lipinski definition) is 4. The van der Waals surface area contributed by atoms with Gasteiger partial charge in [-0.2, -0.15) is 10.4 Å². The molecule has 2 rings (SSSR count). The lowest BCUT2D eigenvalue weighted by molar-refractivity contribution is 0.578. The lowest BCUT2D eigenvalue weighted by atomic mass is 10.1. The fraction of sp³-hybridized carbons (Fsp3) is 0.286. The number of nitriles is 1. The van der Waals surface area contributed by atoms with Crippen molar-refractivity contribution >= 4 is 10.0 Å². The summed E-state index contributed by atoms with van der Waals surface area (Å²) in [6, 6.07) is 8.05. The lowest BCUT2D eigenvalue weighted by Gasteiger charge is -2.07. The van der Waals surface area contributed by atoms with Crippen LogP contribution >= 0.6 is 0 Å². The normalized spacial score (nSPS) is 11.2. The smallest absolute Gasteiger partial charge is 0.241 e. The summed E-state index contributed by atoms with van der Waals surface area (Å²) >= 11 is 0. The molecule has 1 aromatic carbocycles. The second-order valence-electron chi connectivity index (χ2n) is 4.63. The van der Waals surface area contributed by atoms with E-state index >= 15 is 0 Å². The van der Waals surface area contributed by atoms with Gasteiger partial charge in [0.2, 0.25) is 10.0 Å². The zero-order valence-electron chi connectivity index (χ0n) is 11.6. The fourth-order valence-electron chi connectivity index (χ4n) is 1.98. The second kappa shape index (κ2) is 6.52. The molecule has 0 aliphatic heterocycles. The zero-order chi connectivity index (χ0) is 15.3. The highest BCUT2D eigenvalue weighted by atomic mass is 32.2. The minimum absolute atomic E-state index is 0.0204. The van der Waals surface area contributed by atoms with Crippen LogP contribution in [0.4, 0.5) is 0 Å². The number of hydrogen-bond donors (Lipinski definition) is 2. The number of sulfonamides is 1. The van der Waals surface area contributed by atoms with Crippen molar-refractivity contribution in [2.75, 3.05) is 6.54 Å². The Morgan fingerprint density at radius 2 is 2.14 bits per heavy atom. The Bertz CT molecular complexity index is 759. The average molecular weight is 304 g/mol. The molecule has 0 spiro atoms. The van der Waals surface area contributed by atoms with Gasteiger partial charge in [-0.3, -0.25) is 5.10 Å². The van der Waals surface area contributed by atoms with Crippen LogP contribution in [-0.2, 0) is 16.4 Å². The molecule has 0 radical (unpaired) electrons. The van der Waals surface area contributed by atoms with Gasteiger partial charge in [-0.1, -0.05) is 12.1 Å². The molecule has 21 heavy (non-hydrogen) atoms. The highest BCUT2D eigenvalue weighted by Gasteiger charge is 2.17. The van der Waals surface area contributed by atoms with Crippen LogP contribution in [0.1, 0.15) is 23.2 Å². The van der Waals surface area contributed by atoms with Crippen molar-refractivity contribution in [1.82, 2.24) is 14.9 Å². The number of aryl methyl sites for hydroxylation is 2. The molecule has 0 saturated carbocycles. The van der Waals surface area contributed by atoms with Crippen molar-refractivity contribution in [3.05, 3.63) is 47.3 Å². The Hall–Kier alpha value is -2.17. The van der Waals surface area contributed by atoms with Gasteiger partial charge in [0, 0.05) is 12.2 Å². The van der Waals surface area contributed by atoms with Crippen LogP contribution in [0.15, 0.2) is 35.4 Å². The maximum atomic E-state index is 12.2. The molecule has 110 valence electrons. The first-order valence-electron chi connectivity index (χ1n) is 6.52. The summed E-state index contributed by atoms with van der Waals surface area (Å²) < 4.78 is 26.8. The average Bonchev–Trinajstić information content (AvgIpc) is 2.89. The van der Waals surface area contributed by atoms with Gasteiger partial charge in [-0.05, 0) is 37.5 Å². The summed E-state index contributed by atoms with van der Waals surface area (Å²) in [7, 11) is -3.65. The second-order valence-corrected chi connectivity index (χ2v) is 6.36. The van der Waals surface area contributed by atoms with Crippen LogP contribution < -0.4 is 4.72 Å². The molecule has 1 aromatic heterocycles. The quantitative estimate of drug-likeness (QED) is 0.790. The van der Waals surface area contributed by atoms with Crippen molar-refractivity contribution in [3.8, 4) is 6.07 Å². The van der Waals surface area contributed by atoms with E-state index in [4.69, 9.17) is 5.26 Å². The van der Waals surface area contributed by atoms with Crippen molar-refractivity contribution in [2.45, 2.75) is 24.7 Å². The molecule has 0 atom stereocenters. The van der Waals surface area contributed by atoms with Gasteiger partial charge in [-0.25, -0.2) is 13.1 Å². The van der Waals surface area contributed by atoms with Crippen LogP contribution in [-0.4, -0.2) is 25.2 Å². The number of benzene rings is 1. The maximum absolute atomic E-state index is 12.2. The lowest BCUT2D eigenvalue weighted by Crippen LogP contribution is -2.25. The molecule has 0 bridgehead atoms. The van der Waals surface area contributed by atoms with Crippen molar-refractivity contribution in [3.63, 3.8) is 0 Å². The van der Waals surface area contributed by atoms with Crippen LogP contribution in [0.5, 0.6) is 0 Å². The number of aromatic nitrogens is 2. The number of nitrogens with one attached hydrogen (secondary N) is 2. The van der Waals surface area contributed by atoms with E-state index in [1.54, 1.807) is 18.3 Å². The van der Waals surface area contributed by atoms with E-state index in [1.165, 1.54) is 12.1 Å². The topological polar surface area (TPSA) is 98.6 Å². The summed E-state index contributed by atoms with van der Waals surface area (Å²) in [5, 5.41) is 15.7. The molecule has 1 heterocycles. The molecule has 2 N–H and O–H groups in total. The van der Waals surface area contributed by atoms with Gasteiger partial charge < -0.3 is 0 Å². The number of aromatic amines is 1. The standard InChI is InChI=1S/C14H16N4O2S/c1-11-13(10-16-18-11)6-4-8-17-21(19,20)14-7-3-2-5-12(14)9-15/h2-3,5,7,10,17H,4,6,8H2,1H3,(H,16,18). The predicted octanol–water partition coefficient (Wildman–Crippen LogP) is 1.50. The first kappa shape index (κ1) is 15.2. The third-order valence-corrected chi connectivity index (χ3v) is 4.67. The highest BCUT2D eigenvalue weighted by Crippen LogP contribution is 2.14. The van der Waals surface area contributed by atoms with E-state index < -0.39 is 10.0 Å². The van der Waals surface area contributed by atoms with E-state index in [9.17, 15) is 8.42 Å². The van der Waals surface area contributed by atoms with Gasteiger partial charge >= 0.3 is 0 Å². The predicted molar refractivity (Wildman–Crippen MR) is 78.0 cm³/mol. The molecule has 2 aromatic rings. The molecule has 6 nitrogen and oxygen atoms in total. The third kappa shape index (κ3) is 3.68. The number of nitrogens with zero attached hydrogens (tertiary/aromatic N) is 2. The molecule has 0 saturated heterocycles. The van der Waals surface area contributed by atoms with Gasteiger partial charge in [0.15, 0.2) is 0 Å². The number of H-pyrrole nitrogens is 1. The van der Waals surface area contributed by atoms with Crippen molar-refractivity contribution in [1.29, 1.82) is 5.26 Å². The first-order chi connectivity index (χ1) is 10.0. The van der Waals surface area contributed by atoms with Crippen LogP contribution in [0.2, 0.25) is 0 Å². The van der Waals surface area contributed by atoms with Crippen molar-refractivity contribution in [2.24, 2.45) is 0 Å².